The van der Waals surface area contributed by atoms with Crippen molar-refractivity contribution < 1.29 is 9.18 Å². The smallest absolute Gasteiger partial charge is 0.258 e. The van der Waals surface area contributed by atoms with Gasteiger partial charge in [0.05, 0.1) is 17.0 Å². The van der Waals surface area contributed by atoms with Gasteiger partial charge in [-0.2, -0.15) is 5.26 Å². The first kappa shape index (κ1) is 21.9. The third-order valence-electron chi connectivity index (χ3n) is 5.62. The Morgan fingerprint density at radius 2 is 1.87 bits per heavy atom. The average molecular weight is 409 g/mol. The van der Waals surface area contributed by atoms with E-state index in [0.29, 0.717) is 5.69 Å². The number of aryl methyl sites for hydroxylation is 1. The van der Waals surface area contributed by atoms with Crippen molar-refractivity contribution in [2.75, 3.05) is 38.5 Å². The minimum Gasteiger partial charge on any atom is -0.322 e. The summed E-state index contributed by atoms with van der Waals surface area (Å²) in [4.78, 5) is 17.3. The summed E-state index contributed by atoms with van der Waals surface area (Å²) in [5.74, 6) is -1.04. The third-order valence-corrected chi connectivity index (χ3v) is 5.62. The van der Waals surface area contributed by atoms with E-state index in [1.165, 1.54) is 12.1 Å². The maximum atomic E-state index is 14.2. The van der Waals surface area contributed by atoms with E-state index in [9.17, 15) is 14.4 Å². The Morgan fingerprint density at radius 1 is 1.17 bits per heavy atom. The van der Waals surface area contributed by atoms with Crippen LogP contribution in [-0.2, 0) is 12.0 Å². The van der Waals surface area contributed by atoms with Gasteiger partial charge in [-0.3, -0.25) is 9.69 Å². The lowest BCUT2D eigenvalue weighted by molar-refractivity contribution is 0.102. The number of benzene rings is 2. The minimum atomic E-state index is -0.702. The zero-order valence-electron chi connectivity index (χ0n) is 18.1. The fourth-order valence-corrected chi connectivity index (χ4v) is 3.55. The average Bonchev–Trinajstić information content (AvgIpc) is 2.69. The number of hydrogen-bond donors (Lipinski definition) is 1. The van der Waals surface area contributed by atoms with Crippen molar-refractivity contribution in [3.05, 3.63) is 64.5 Å². The fourth-order valence-electron chi connectivity index (χ4n) is 3.55. The van der Waals surface area contributed by atoms with Crippen LogP contribution in [0.4, 0.5) is 10.1 Å². The standard InChI is InChI=1S/C24H29FN4O/c1-17-5-6-21(22(25)11-17)23(30)27-20-13-18(12-19(14-20)24(2,3)16-26)15-29-9-7-28(4)8-10-29/h5-6,11-14H,7-10,15H2,1-4H3,(H,27,30). The highest BCUT2D eigenvalue weighted by Gasteiger charge is 2.23. The number of nitrogens with one attached hydrogen (secondary N) is 1. The molecule has 6 heteroatoms. The molecule has 0 spiro atoms. The van der Waals surface area contributed by atoms with Gasteiger partial charge in [-0.05, 0) is 68.8 Å². The van der Waals surface area contributed by atoms with E-state index in [-0.39, 0.29) is 5.56 Å². The van der Waals surface area contributed by atoms with Crippen molar-refractivity contribution in [2.45, 2.75) is 32.7 Å². The molecule has 5 nitrogen and oxygen atoms in total. The Bertz CT molecular complexity index is 972. The molecule has 158 valence electrons. The van der Waals surface area contributed by atoms with Gasteiger partial charge in [-0.25, -0.2) is 4.39 Å². The monoisotopic (exact) mass is 408 g/mol. The van der Waals surface area contributed by atoms with Gasteiger partial charge in [0.2, 0.25) is 0 Å². The van der Waals surface area contributed by atoms with Crippen molar-refractivity contribution >= 4 is 11.6 Å². The number of hydrogen-bond acceptors (Lipinski definition) is 4. The summed E-state index contributed by atoms with van der Waals surface area (Å²) in [6.07, 6.45) is 0. The minimum absolute atomic E-state index is 0.00571. The Labute approximate surface area is 178 Å². The Balaban J connectivity index is 1.88. The second kappa shape index (κ2) is 8.95. The molecule has 3 rings (SSSR count). The Hall–Kier alpha value is -2.75. The van der Waals surface area contributed by atoms with Gasteiger partial charge < -0.3 is 10.2 Å². The van der Waals surface area contributed by atoms with Gasteiger partial charge in [0.25, 0.3) is 5.91 Å². The third kappa shape index (κ3) is 5.24. The molecule has 0 unspecified atom stereocenters. The number of nitrogens with zero attached hydrogens (tertiary/aromatic N) is 3. The molecule has 1 saturated heterocycles. The van der Waals surface area contributed by atoms with E-state index in [1.807, 2.05) is 26.0 Å². The Morgan fingerprint density at radius 3 is 2.50 bits per heavy atom. The zero-order valence-corrected chi connectivity index (χ0v) is 18.1. The van der Waals surface area contributed by atoms with Crippen molar-refractivity contribution in [1.82, 2.24) is 9.80 Å². The molecule has 1 fully saturated rings. The molecule has 0 aliphatic carbocycles. The second-order valence-corrected chi connectivity index (χ2v) is 8.67. The summed E-state index contributed by atoms with van der Waals surface area (Å²) in [5.41, 5.74) is 2.50. The summed E-state index contributed by atoms with van der Waals surface area (Å²) in [6.45, 7) is 10.2. The van der Waals surface area contributed by atoms with Crippen molar-refractivity contribution in [2.24, 2.45) is 0 Å². The van der Waals surface area contributed by atoms with E-state index < -0.39 is 17.1 Å². The van der Waals surface area contributed by atoms with E-state index >= 15 is 0 Å². The molecular formula is C24H29FN4O. The Kier molecular flexibility index (Phi) is 6.55. The fraction of sp³-hybridized carbons (Fsp3) is 0.417. The molecule has 1 heterocycles. The van der Waals surface area contributed by atoms with Crippen LogP contribution >= 0.6 is 0 Å². The van der Waals surface area contributed by atoms with Crippen LogP contribution in [0.1, 0.15) is 40.9 Å². The number of nitriles is 1. The molecule has 0 bridgehead atoms. The van der Waals surface area contributed by atoms with Crippen LogP contribution in [-0.4, -0.2) is 48.9 Å². The van der Waals surface area contributed by atoms with Crippen LogP contribution in [0.2, 0.25) is 0 Å². The van der Waals surface area contributed by atoms with Gasteiger partial charge in [-0.1, -0.05) is 12.1 Å². The first-order chi connectivity index (χ1) is 14.2. The molecule has 1 N–H and O–H groups in total. The van der Waals surface area contributed by atoms with Gasteiger partial charge in [0.1, 0.15) is 5.82 Å². The highest BCUT2D eigenvalue weighted by molar-refractivity contribution is 6.04. The molecule has 0 radical (unpaired) electrons. The molecule has 1 amide bonds. The number of anilines is 1. The topological polar surface area (TPSA) is 59.4 Å². The highest BCUT2D eigenvalue weighted by atomic mass is 19.1. The molecule has 2 aromatic carbocycles. The van der Waals surface area contributed by atoms with Crippen LogP contribution in [0.5, 0.6) is 0 Å². The lowest BCUT2D eigenvalue weighted by atomic mass is 9.85. The number of piperazine rings is 1. The summed E-state index contributed by atoms with van der Waals surface area (Å²) in [5, 5.41) is 12.4. The number of amides is 1. The molecule has 1 aliphatic heterocycles. The van der Waals surface area contributed by atoms with Crippen LogP contribution in [0, 0.1) is 24.1 Å². The molecule has 0 saturated carbocycles. The predicted octanol–water partition coefficient (Wildman–Crippen LogP) is 3.94. The van der Waals surface area contributed by atoms with Crippen molar-refractivity contribution in [3.63, 3.8) is 0 Å². The number of rotatable bonds is 5. The number of carbonyl (C=O) groups is 1. The summed E-state index contributed by atoms with van der Waals surface area (Å²) in [7, 11) is 2.12. The number of likely N-dealkylation sites (N-methyl/N-ethyl adjacent to an activating group) is 1. The summed E-state index contributed by atoms with van der Waals surface area (Å²) >= 11 is 0. The quantitative estimate of drug-likeness (QED) is 0.814. The second-order valence-electron chi connectivity index (χ2n) is 8.67. The van der Waals surface area contributed by atoms with E-state index in [0.717, 1.165) is 49.4 Å². The van der Waals surface area contributed by atoms with E-state index in [2.05, 4.69) is 28.2 Å². The number of carbonyl (C=O) groups excluding carboxylic acids is 1. The lowest BCUT2D eigenvalue weighted by Crippen LogP contribution is -2.43. The molecular weight excluding hydrogens is 379 g/mol. The normalized spacial score (nSPS) is 15.6. The van der Waals surface area contributed by atoms with Crippen molar-refractivity contribution in [1.29, 1.82) is 5.26 Å². The summed E-state index contributed by atoms with van der Waals surface area (Å²) < 4.78 is 14.2. The van der Waals surface area contributed by atoms with Gasteiger partial charge in [0.15, 0.2) is 0 Å². The zero-order chi connectivity index (χ0) is 21.9. The van der Waals surface area contributed by atoms with Crippen LogP contribution in [0.3, 0.4) is 0 Å². The lowest BCUT2D eigenvalue weighted by Gasteiger charge is -2.32. The van der Waals surface area contributed by atoms with Gasteiger partial charge >= 0.3 is 0 Å². The first-order valence-electron chi connectivity index (χ1n) is 10.2. The maximum Gasteiger partial charge on any atom is 0.258 e. The SMILES string of the molecule is Cc1ccc(C(=O)Nc2cc(CN3CCN(C)CC3)cc(C(C)(C)C#N)c2)c(F)c1. The molecule has 0 aromatic heterocycles. The van der Waals surface area contributed by atoms with Gasteiger partial charge in [0, 0.05) is 38.4 Å². The molecule has 1 aliphatic rings. The molecule has 2 aromatic rings. The highest BCUT2D eigenvalue weighted by Crippen LogP contribution is 2.28. The summed E-state index contributed by atoms with van der Waals surface area (Å²) in [6, 6.07) is 12.6. The maximum absolute atomic E-state index is 14.2. The van der Waals surface area contributed by atoms with E-state index in [1.54, 1.807) is 19.1 Å². The van der Waals surface area contributed by atoms with Crippen LogP contribution < -0.4 is 5.32 Å². The van der Waals surface area contributed by atoms with Gasteiger partial charge in [-0.15, -0.1) is 0 Å². The largest absolute Gasteiger partial charge is 0.322 e. The first-order valence-corrected chi connectivity index (χ1v) is 10.2. The van der Waals surface area contributed by atoms with Crippen LogP contribution in [0.25, 0.3) is 0 Å². The predicted molar refractivity (Wildman–Crippen MR) is 117 cm³/mol. The molecule has 30 heavy (non-hydrogen) atoms. The molecule has 0 atom stereocenters. The van der Waals surface area contributed by atoms with E-state index in [4.69, 9.17) is 0 Å². The number of halogens is 1. The van der Waals surface area contributed by atoms with Crippen LogP contribution in [0.15, 0.2) is 36.4 Å². The van der Waals surface area contributed by atoms with Crippen molar-refractivity contribution in [3.8, 4) is 6.07 Å².